The lowest BCUT2D eigenvalue weighted by atomic mass is 10.1. The molecule has 17 heavy (non-hydrogen) atoms. The third-order valence-corrected chi connectivity index (χ3v) is 2.34. The lowest BCUT2D eigenvalue weighted by Gasteiger charge is -2.13. The molecule has 0 saturated carbocycles. The van der Waals surface area contributed by atoms with Gasteiger partial charge in [0.15, 0.2) is 0 Å². The van der Waals surface area contributed by atoms with E-state index in [2.05, 4.69) is 0 Å². The predicted molar refractivity (Wildman–Crippen MR) is 65.0 cm³/mol. The zero-order chi connectivity index (χ0) is 12.7. The lowest BCUT2D eigenvalue weighted by molar-refractivity contribution is -0.0117. The van der Waals surface area contributed by atoms with E-state index in [-0.39, 0.29) is 11.9 Å². The van der Waals surface area contributed by atoms with Crippen molar-refractivity contribution in [1.82, 2.24) is 0 Å². The summed E-state index contributed by atoms with van der Waals surface area (Å²) in [4.78, 5) is 0. The molecule has 0 amide bonds. The first-order chi connectivity index (χ1) is 8.15. The molecule has 3 nitrogen and oxygen atoms in total. The van der Waals surface area contributed by atoms with E-state index in [1.165, 1.54) is 12.1 Å². The van der Waals surface area contributed by atoms with Gasteiger partial charge in [-0.25, -0.2) is 4.39 Å². The summed E-state index contributed by atoms with van der Waals surface area (Å²) in [7, 11) is 0. The van der Waals surface area contributed by atoms with Crippen LogP contribution >= 0.6 is 0 Å². The number of ether oxygens (including phenoxy) is 2. The van der Waals surface area contributed by atoms with Gasteiger partial charge in [-0.3, -0.25) is 0 Å². The first kappa shape index (κ1) is 14.1. The van der Waals surface area contributed by atoms with Crippen LogP contribution in [-0.2, 0) is 22.6 Å². The molecule has 0 saturated heterocycles. The van der Waals surface area contributed by atoms with Crippen molar-refractivity contribution in [2.45, 2.75) is 33.1 Å². The van der Waals surface area contributed by atoms with Crippen LogP contribution in [0, 0.1) is 5.82 Å². The maximum absolute atomic E-state index is 13.2. The molecule has 1 atom stereocenters. The Morgan fingerprint density at radius 2 is 2.00 bits per heavy atom. The minimum Gasteiger partial charge on any atom is -0.379 e. The summed E-state index contributed by atoms with van der Waals surface area (Å²) < 4.78 is 24.0. The van der Waals surface area contributed by atoms with E-state index < -0.39 is 0 Å². The van der Waals surface area contributed by atoms with Gasteiger partial charge in [0, 0.05) is 13.2 Å². The second kappa shape index (κ2) is 7.37. The van der Waals surface area contributed by atoms with Gasteiger partial charge < -0.3 is 15.2 Å². The lowest BCUT2D eigenvalue weighted by Crippen LogP contribution is -2.16. The Morgan fingerprint density at radius 1 is 1.29 bits per heavy atom. The van der Waals surface area contributed by atoms with Gasteiger partial charge in [-0.15, -0.1) is 0 Å². The molecule has 0 aromatic heterocycles. The first-order valence-corrected chi connectivity index (χ1v) is 5.83. The zero-order valence-corrected chi connectivity index (χ0v) is 10.4. The minimum absolute atomic E-state index is 0.000422. The average Bonchev–Trinajstić information content (AvgIpc) is 2.33. The minimum atomic E-state index is -0.274. The third kappa shape index (κ3) is 5.26. The fourth-order valence-corrected chi connectivity index (χ4v) is 1.49. The van der Waals surface area contributed by atoms with E-state index in [9.17, 15) is 4.39 Å². The van der Waals surface area contributed by atoms with E-state index in [0.717, 1.165) is 11.1 Å². The van der Waals surface area contributed by atoms with Gasteiger partial charge in [-0.2, -0.15) is 0 Å². The first-order valence-electron chi connectivity index (χ1n) is 5.83. The Hall–Kier alpha value is -0.970. The largest absolute Gasteiger partial charge is 0.379 e. The van der Waals surface area contributed by atoms with Crippen molar-refractivity contribution >= 4 is 0 Å². The van der Waals surface area contributed by atoms with Gasteiger partial charge in [-0.05, 0) is 37.1 Å². The van der Waals surface area contributed by atoms with Crippen molar-refractivity contribution in [2.75, 3.05) is 13.2 Å². The van der Waals surface area contributed by atoms with Gasteiger partial charge >= 0.3 is 0 Å². The highest BCUT2D eigenvalue weighted by Gasteiger charge is 2.04. The molecule has 2 N–H and O–H groups in total. The standard InChI is InChI=1S/C13H20FNO2/c1-3-16-8-10(2)17-9-12-4-11(7-15)5-13(14)6-12/h4-6,10H,3,7-9,15H2,1-2H3. The fourth-order valence-electron chi connectivity index (χ4n) is 1.49. The number of hydrogen-bond donors (Lipinski definition) is 1. The summed E-state index contributed by atoms with van der Waals surface area (Å²) in [6, 6.07) is 4.76. The van der Waals surface area contributed by atoms with Gasteiger partial charge in [0.2, 0.25) is 0 Å². The molecule has 1 unspecified atom stereocenters. The van der Waals surface area contributed by atoms with Crippen molar-refractivity contribution in [3.05, 3.63) is 35.1 Å². The zero-order valence-electron chi connectivity index (χ0n) is 10.4. The Kier molecular flexibility index (Phi) is 6.11. The van der Waals surface area contributed by atoms with E-state index in [1.807, 2.05) is 19.9 Å². The molecule has 1 aromatic rings. The molecule has 0 aliphatic carbocycles. The third-order valence-electron chi connectivity index (χ3n) is 2.34. The van der Waals surface area contributed by atoms with Crippen LogP contribution in [0.4, 0.5) is 4.39 Å². The van der Waals surface area contributed by atoms with Gasteiger partial charge in [0.1, 0.15) is 5.82 Å². The maximum atomic E-state index is 13.2. The van der Waals surface area contributed by atoms with E-state index in [4.69, 9.17) is 15.2 Å². The SMILES string of the molecule is CCOCC(C)OCc1cc(F)cc(CN)c1. The quantitative estimate of drug-likeness (QED) is 0.796. The number of nitrogens with two attached hydrogens (primary N) is 1. The summed E-state index contributed by atoms with van der Waals surface area (Å²) in [6.45, 7) is 5.80. The van der Waals surface area contributed by atoms with Crippen molar-refractivity contribution in [1.29, 1.82) is 0 Å². The second-order valence-corrected chi connectivity index (χ2v) is 3.95. The van der Waals surface area contributed by atoms with Crippen molar-refractivity contribution < 1.29 is 13.9 Å². The molecule has 96 valence electrons. The average molecular weight is 241 g/mol. The van der Waals surface area contributed by atoms with Crippen LogP contribution in [0.2, 0.25) is 0 Å². The molecule has 0 bridgehead atoms. The van der Waals surface area contributed by atoms with Gasteiger partial charge in [0.05, 0.1) is 19.3 Å². The monoisotopic (exact) mass is 241 g/mol. The van der Waals surface area contributed by atoms with Crippen LogP contribution in [0.1, 0.15) is 25.0 Å². The molecule has 0 radical (unpaired) electrons. The summed E-state index contributed by atoms with van der Waals surface area (Å²) in [5, 5.41) is 0. The van der Waals surface area contributed by atoms with E-state index in [1.54, 1.807) is 0 Å². The van der Waals surface area contributed by atoms with E-state index in [0.29, 0.717) is 26.4 Å². The molecule has 0 fully saturated rings. The van der Waals surface area contributed by atoms with Crippen molar-refractivity contribution in [2.24, 2.45) is 5.73 Å². The highest BCUT2D eigenvalue weighted by Crippen LogP contribution is 2.11. The van der Waals surface area contributed by atoms with Crippen LogP contribution in [0.5, 0.6) is 0 Å². The van der Waals surface area contributed by atoms with Crippen molar-refractivity contribution in [3.8, 4) is 0 Å². The summed E-state index contributed by atoms with van der Waals surface area (Å²) in [5.74, 6) is -0.274. The van der Waals surface area contributed by atoms with Crippen LogP contribution in [0.15, 0.2) is 18.2 Å². The number of rotatable bonds is 7. The molecule has 1 rings (SSSR count). The van der Waals surface area contributed by atoms with Crippen LogP contribution in [0.25, 0.3) is 0 Å². The Morgan fingerprint density at radius 3 is 2.65 bits per heavy atom. The van der Waals surface area contributed by atoms with Crippen LogP contribution in [-0.4, -0.2) is 19.3 Å². The smallest absolute Gasteiger partial charge is 0.123 e. The Labute approximate surface area is 102 Å². The van der Waals surface area contributed by atoms with Gasteiger partial charge in [0.25, 0.3) is 0 Å². The maximum Gasteiger partial charge on any atom is 0.123 e. The van der Waals surface area contributed by atoms with Crippen LogP contribution in [0.3, 0.4) is 0 Å². The molecule has 0 aliphatic rings. The Bertz CT molecular complexity index is 344. The van der Waals surface area contributed by atoms with Crippen LogP contribution < -0.4 is 5.73 Å². The normalized spacial score (nSPS) is 12.7. The molecular weight excluding hydrogens is 221 g/mol. The molecule has 1 aromatic carbocycles. The molecule has 0 spiro atoms. The number of halogens is 1. The van der Waals surface area contributed by atoms with Crippen molar-refractivity contribution in [3.63, 3.8) is 0 Å². The number of hydrogen-bond acceptors (Lipinski definition) is 3. The van der Waals surface area contributed by atoms with E-state index >= 15 is 0 Å². The fraction of sp³-hybridized carbons (Fsp3) is 0.538. The number of benzene rings is 1. The summed E-state index contributed by atoms with van der Waals surface area (Å²) in [6.07, 6.45) is -0.000422. The Balaban J connectivity index is 2.48. The van der Waals surface area contributed by atoms with Gasteiger partial charge in [-0.1, -0.05) is 6.07 Å². The summed E-state index contributed by atoms with van der Waals surface area (Å²) >= 11 is 0. The topological polar surface area (TPSA) is 44.5 Å². The molecular formula is C13H20FNO2. The predicted octanol–water partition coefficient (Wildman–Crippen LogP) is 2.23. The molecule has 0 aliphatic heterocycles. The summed E-state index contributed by atoms with van der Waals surface area (Å²) in [5.41, 5.74) is 7.06. The molecule has 0 heterocycles. The molecule has 4 heteroatoms. The highest BCUT2D eigenvalue weighted by molar-refractivity contribution is 5.24. The highest BCUT2D eigenvalue weighted by atomic mass is 19.1. The second-order valence-electron chi connectivity index (χ2n) is 3.95.